The predicted octanol–water partition coefficient (Wildman–Crippen LogP) is 2.08. The van der Waals surface area contributed by atoms with Crippen LogP contribution in [0.25, 0.3) is 0 Å². The van der Waals surface area contributed by atoms with E-state index in [1.807, 2.05) is 24.3 Å². The van der Waals surface area contributed by atoms with Gasteiger partial charge in [-0.3, -0.25) is 4.79 Å². The Morgan fingerprint density at radius 2 is 1.88 bits per heavy atom. The number of hydrogen-bond donors (Lipinski definition) is 3. The van der Waals surface area contributed by atoms with Crippen LogP contribution in [-0.4, -0.2) is 49.0 Å². The molecule has 6 nitrogen and oxygen atoms in total. The SMILES string of the molecule is COC1(C(=O)Nc2ccc(OC3CCCCC3O)cc2)CCNCC1. The fourth-order valence-electron chi connectivity index (χ4n) is 3.61. The first kappa shape index (κ1) is 18.2. The van der Waals surface area contributed by atoms with Crippen molar-refractivity contribution in [2.75, 3.05) is 25.5 Å². The Labute approximate surface area is 148 Å². The van der Waals surface area contributed by atoms with Crippen molar-refractivity contribution in [2.24, 2.45) is 0 Å². The number of ether oxygens (including phenoxy) is 2. The summed E-state index contributed by atoms with van der Waals surface area (Å²) in [5.74, 6) is 0.611. The summed E-state index contributed by atoms with van der Waals surface area (Å²) < 4.78 is 11.4. The minimum Gasteiger partial charge on any atom is -0.488 e. The van der Waals surface area contributed by atoms with Crippen molar-refractivity contribution in [1.82, 2.24) is 5.32 Å². The van der Waals surface area contributed by atoms with E-state index in [4.69, 9.17) is 9.47 Å². The summed E-state index contributed by atoms with van der Waals surface area (Å²) in [6, 6.07) is 7.32. The Balaban J connectivity index is 1.59. The van der Waals surface area contributed by atoms with E-state index in [1.54, 1.807) is 7.11 Å². The summed E-state index contributed by atoms with van der Waals surface area (Å²) in [5, 5.41) is 16.2. The second-order valence-corrected chi connectivity index (χ2v) is 6.94. The first-order chi connectivity index (χ1) is 12.1. The van der Waals surface area contributed by atoms with Crippen LogP contribution >= 0.6 is 0 Å². The highest BCUT2D eigenvalue weighted by Gasteiger charge is 2.39. The average molecular weight is 348 g/mol. The summed E-state index contributed by atoms with van der Waals surface area (Å²) in [7, 11) is 1.59. The number of carbonyl (C=O) groups is 1. The van der Waals surface area contributed by atoms with Crippen molar-refractivity contribution < 1.29 is 19.4 Å². The average Bonchev–Trinajstić information content (AvgIpc) is 2.65. The van der Waals surface area contributed by atoms with Crippen molar-refractivity contribution in [1.29, 1.82) is 0 Å². The van der Waals surface area contributed by atoms with E-state index >= 15 is 0 Å². The van der Waals surface area contributed by atoms with Gasteiger partial charge in [0.2, 0.25) is 0 Å². The second-order valence-electron chi connectivity index (χ2n) is 6.94. The van der Waals surface area contributed by atoms with E-state index < -0.39 is 11.7 Å². The lowest BCUT2D eigenvalue weighted by atomic mass is 9.91. The largest absolute Gasteiger partial charge is 0.488 e. The molecule has 3 rings (SSSR count). The molecule has 2 aliphatic rings. The van der Waals surface area contributed by atoms with Crippen LogP contribution in [0.2, 0.25) is 0 Å². The lowest BCUT2D eigenvalue weighted by Gasteiger charge is -2.34. The fourth-order valence-corrected chi connectivity index (χ4v) is 3.61. The van der Waals surface area contributed by atoms with E-state index in [0.29, 0.717) is 18.6 Å². The van der Waals surface area contributed by atoms with Crippen LogP contribution in [0.4, 0.5) is 5.69 Å². The standard InChI is InChI=1S/C19H28N2O4/c1-24-19(10-12-20-13-11-19)18(23)21-14-6-8-15(9-7-14)25-17-5-3-2-4-16(17)22/h6-9,16-17,20,22H,2-5,10-13H2,1H3,(H,21,23). The fraction of sp³-hybridized carbons (Fsp3) is 0.632. The molecule has 1 saturated carbocycles. The third-order valence-corrected chi connectivity index (χ3v) is 5.28. The third kappa shape index (κ3) is 4.32. The highest BCUT2D eigenvalue weighted by molar-refractivity contribution is 5.97. The summed E-state index contributed by atoms with van der Waals surface area (Å²) >= 11 is 0. The third-order valence-electron chi connectivity index (χ3n) is 5.28. The van der Waals surface area contributed by atoms with Gasteiger partial charge in [-0.25, -0.2) is 0 Å². The summed E-state index contributed by atoms with van der Waals surface area (Å²) in [6.07, 6.45) is 4.62. The number of rotatable bonds is 5. The van der Waals surface area contributed by atoms with Crippen LogP contribution in [0.15, 0.2) is 24.3 Å². The second kappa shape index (κ2) is 8.17. The van der Waals surface area contributed by atoms with Crippen LogP contribution in [0.5, 0.6) is 5.75 Å². The van der Waals surface area contributed by atoms with Crippen molar-refractivity contribution in [3.63, 3.8) is 0 Å². The Morgan fingerprint density at radius 1 is 1.20 bits per heavy atom. The molecule has 2 atom stereocenters. The lowest BCUT2D eigenvalue weighted by molar-refractivity contribution is -0.140. The molecule has 6 heteroatoms. The number of methoxy groups -OCH3 is 1. The van der Waals surface area contributed by atoms with Crippen LogP contribution in [0.1, 0.15) is 38.5 Å². The van der Waals surface area contributed by atoms with E-state index in [9.17, 15) is 9.90 Å². The van der Waals surface area contributed by atoms with Gasteiger partial charge in [-0.1, -0.05) is 6.42 Å². The molecule has 25 heavy (non-hydrogen) atoms. The molecule has 1 amide bonds. The Hall–Kier alpha value is -1.63. The first-order valence-electron chi connectivity index (χ1n) is 9.15. The highest BCUT2D eigenvalue weighted by atomic mass is 16.5. The molecule has 1 aliphatic heterocycles. The molecule has 1 aromatic carbocycles. The van der Waals surface area contributed by atoms with Crippen molar-refractivity contribution in [2.45, 2.75) is 56.3 Å². The molecule has 1 heterocycles. The van der Waals surface area contributed by atoms with Crippen LogP contribution in [0.3, 0.4) is 0 Å². The quantitative estimate of drug-likeness (QED) is 0.759. The van der Waals surface area contributed by atoms with Crippen molar-refractivity contribution >= 4 is 11.6 Å². The molecule has 0 bridgehead atoms. The maximum Gasteiger partial charge on any atom is 0.256 e. The van der Waals surface area contributed by atoms with Gasteiger partial charge in [0.1, 0.15) is 17.5 Å². The smallest absolute Gasteiger partial charge is 0.256 e. The molecule has 1 saturated heterocycles. The molecule has 0 aromatic heterocycles. The maximum absolute atomic E-state index is 12.6. The Kier molecular flexibility index (Phi) is 5.93. The summed E-state index contributed by atoms with van der Waals surface area (Å²) in [6.45, 7) is 1.55. The van der Waals surface area contributed by atoms with Gasteiger partial charge in [-0.15, -0.1) is 0 Å². The van der Waals surface area contributed by atoms with E-state index in [2.05, 4.69) is 10.6 Å². The van der Waals surface area contributed by atoms with E-state index in [0.717, 1.165) is 44.5 Å². The Morgan fingerprint density at radius 3 is 2.52 bits per heavy atom. The number of nitrogens with one attached hydrogen (secondary N) is 2. The molecular weight excluding hydrogens is 320 g/mol. The molecule has 2 fully saturated rings. The van der Waals surface area contributed by atoms with Gasteiger partial charge >= 0.3 is 0 Å². The monoisotopic (exact) mass is 348 g/mol. The molecule has 1 aliphatic carbocycles. The highest BCUT2D eigenvalue weighted by Crippen LogP contribution is 2.27. The molecular formula is C19H28N2O4. The predicted molar refractivity (Wildman–Crippen MR) is 95.8 cm³/mol. The minimum absolute atomic E-state index is 0.104. The van der Waals surface area contributed by atoms with Gasteiger partial charge in [-0.05, 0) is 69.5 Å². The van der Waals surface area contributed by atoms with Crippen LogP contribution < -0.4 is 15.4 Å². The van der Waals surface area contributed by atoms with Gasteiger partial charge in [-0.2, -0.15) is 0 Å². The normalized spacial score (nSPS) is 26.0. The number of aliphatic hydroxyl groups is 1. The van der Waals surface area contributed by atoms with Crippen molar-refractivity contribution in [3.05, 3.63) is 24.3 Å². The molecule has 2 unspecified atom stereocenters. The van der Waals surface area contributed by atoms with Gasteiger partial charge in [0.15, 0.2) is 0 Å². The number of hydrogen-bond acceptors (Lipinski definition) is 5. The van der Waals surface area contributed by atoms with Gasteiger partial charge in [0.05, 0.1) is 6.10 Å². The van der Waals surface area contributed by atoms with Gasteiger partial charge < -0.3 is 25.2 Å². The molecule has 0 spiro atoms. The zero-order valence-electron chi connectivity index (χ0n) is 14.8. The number of carbonyl (C=O) groups excluding carboxylic acids is 1. The molecule has 1 aromatic rings. The number of piperidine rings is 1. The molecule has 138 valence electrons. The number of amides is 1. The topological polar surface area (TPSA) is 79.8 Å². The first-order valence-corrected chi connectivity index (χ1v) is 9.15. The van der Waals surface area contributed by atoms with Crippen molar-refractivity contribution in [3.8, 4) is 5.75 Å². The van der Waals surface area contributed by atoms with Crippen LogP contribution in [0, 0.1) is 0 Å². The molecule has 0 radical (unpaired) electrons. The summed E-state index contributed by atoms with van der Waals surface area (Å²) in [4.78, 5) is 12.6. The number of aliphatic hydroxyl groups excluding tert-OH is 1. The van der Waals surface area contributed by atoms with Gasteiger partial charge in [0, 0.05) is 12.8 Å². The van der Waals surface area contributed by atoms with Crippen LogP contribution in [-0.2, 0) is 9.53 Å². The minimum atomic E-state index is -0.757. The van der Waals surface area contributed by atoms with E-state index in [1.165, 1.54) is 0 Å². The lowest BCUT2D eigenvalue weighted by Crippen LogP contribution is -2.51. The number of anilines is 1. The van der Waals surface area contributed by atoms with Gasteiger partial charge in [0.25, 0.3) is 5.91 Å². The number of benzene rings is 1. The summed E-state index contributed by atoms with van der Waals surface area (Å²) in [5.41, 5.74) is -0.0383. The maximum atomic E-state index is 12.6. The Bertz CT molecular complexity index is 569. The molecule has 3 N–H and O–H groups in total. The zero-order valence-corrected chi connectivity index (χ0v) is 14.8. The van der Waals surface area contributed by atoms with E-state index in [-0.39, 0.29) is 12.0 Å². The zero-order chi connectivity index (χ0) is 17.7.